The van der Waals surface area contributed by atoms with Crippen molar-refractivity contribution in [2.75, 3.05) is 31.2 Å². The molecule has 0 aliphatic carbocycles. The van der Waals surface area contributed by atoms with Gasteiger partial charge in [-0.1, -0.05) is 0 Å². The van der Waals surface area contributed by atoms with E-state index in [4.69, 9.17) is 9.84 Å². The SMILES string of the molecule is O=C(O)c1cn[c]nc1N1CCOCC1. The molecule has 1 aromatic heterocycles. The fourth-order valence-corrected chi connectivity index (χ4v) is 1.45. The van der Waals surface area contributed by atoms with Crippen molar-refractivity contribution in [1.29, 1.82) is 0 Å². The zero-order valence-electron chi connectivity index (χ0n) is 8.01. The molecule has 1 fully saturated rings. The number of hydrogen-bond donors (Lipinski definition) is 1. The van der Waals surface area contributed by atoms with E-state index in [1.54, 1.807) is 0 Å². The van der Waals surface area contributed by atoms with Crippen molar-refractivity contribution < 1.29 is 14.6 Å². The monoisotopic (exact) mass is 208 g/mol. The van der Waals surface area contributed by atoms with Gasteiger partial charge in [0, 0.05) is 19.3 Å². The lowest BCUT2D eigenvalue weighted by Gasteiger charge is -2.28. The first-order valence-corrected chi connectivity index (χ1v) is 4.58. The van der Waals surface area contributed by atoms with Gasteiger partial charge in [0.05, 0.1) is 13.2 Å². The summed E-state index contributed by atoms with van der Waals surface area (Å²) in [5, 5.41) is 8.94. The molecule has 1 aliphatic heterocycles. The van der Waals surface area contributed by atoms with Crippen LogP contribution in [-0.2, 0) is 4.74 Å². The Labute approximate surface area is 86.5 Å². The van der Waals surface area contributed by atoms with E-state index in [1.807, 2.05) is 4.90 Å². The molecular formula is C9H10N3O3. The highest BCUT2D eigenvalue weighted by Gasteiger charge is 2.19. The van der Waals surface area contributed by atoms with E-state index >= 15 is 0 Å². The van der Waals surface area contributed by atoms with Gasteiger partial charge in [0.15, 0.2) is 6.33 Å². The first-order chi connectivity index (χ1) is 7.29. The predicted octanol–water partition coefficient (Wildman–Crippen LogP) is -0.188. The molecule has 1 aromatic rings. The molecule has 6 heteroatoms. The fraction of sp³-hybridized carbons (Fsp3) is 0.444. The number of nitrogens with zero attached hydrogens (tertiary/aromatic N) is 3. The molecule has 6 nitrogen and oxygen atoms in total. The number of aromatic nitrogens is 2. The normalized spacial score (nSPS) is 16.4. The van der Waals surface area contributed by atoms with E-state index in [-0.39, 0.29) is 5.56 Å². The van der Waals surface area contributed by atoms with Crippen LogP contribution in [-0.4, -0.2) is 47.3 Å². The molecule has 0 aromatic carbocycles. The van der Waals surface area contributed by atoms with E-state index in [9.17, 15) is 4.79 Å². The van der Waals surface area contributed by atoms with Crippen molar-refractivity contribution >= 4 is 11.8 Å². The standard InChI is InChI=1S/C9H10N3O3/c13-9(14)7-5-10-6-11-8(7)12-1-3-15-4-2-12/h5H,1-4H2,(H,13,14). The summed E-state index contributed by atoms with van der Waals surface area (Å²) in [6.07, 6.45) is 3.67. The highest BCUT2D eigenvalue weighted by molar-refractivity contribution is 5.92. The van der Waals surface area contributed by atoms with Crippen molar-refractivity contribution in [3.8, 4) is 0 Å². The van der Waals surface area contributed by atoms with Gasteiger partial charge in [0.25, 0.3) is 0 Å². The first kappa shape index (κ1) is 9.85. The average Bonchev–Trinajstić information content (AvgIpc) is 2.30. The number of anilines is 1. The van der Waals surface area contributed by atoms with E-state index in [1.165, 1.54) is 6.20 Å². The lowest BCUT2D eigenvalue weighted by Crippen LogP contribution is -2.37. The minimum atomic E-state index is -1.02. The second-order valence-electron chi connectivity index (χ2n) is 3.11. The second kappa shape index (κ2) is 4.22. The van der Waals surface area contributed by atoms with Gasteiger partial charge < -0.3 is 14.7 Å². The maximum absolute atomic E-state index is 10.9. The van der Waals surface area contributed by atoms with Gasteiger partial charge in [0.1, 0.15) is 11.4 Å². The number of hydrogen-bond acceptors (Lipinski definition) is 5. The summed E-state index contributed by atoms with van der Waals surface area (Å²) in [6, 6.07) is 0. The van der Waals surface area contributed by atoms with E-state index in [0.717, 1.165) is 0 Å². The van der Waals surface area contributed by atoms with Crippen LogP contribution in [0.4, 0.5) is 5.82 Å². The number of carbonyl (C=O) groups is 1. The molecular weight excluding hydrogens is 198 g/mol. The maximum atomic E-state index is 10.9. The number of morpholine rings is 1. The van der Waals surface area contributed by atoms with Crippen molar-refractivity contribution in [1.82, 2.24) is 9.97 Å². The van der Waals surface area contributed by atoms with Crippen LogP contribution >= 0.6 is 0 Å². The molecule has 15 heavy (non-hydrogen) atoms. The molecule has 1 N–H and O–H groups in total. The van der Waals surface area contributed by atoms with Gasteiger partial charge in [0.2, 0.25) is 0 Å². The Bertz CT molecular complexity index is 363. The first-order valence-electron chi connectivity index (χ1n) is 4.58. The molecule has 0 unspecified atom stereocenters. The average molecular weight is 208 g/mol. The Morgan fingerprint density at radius 2 is 2.27 bits per heavy atom. The molecule has 1 radical (unpaired) electrons. The molecule has 0 spiro atoms. The Hall–Kier alpha value is -1.69. The molecule has 0 atom stereocenters. The molecule has 1 aliphatic rings. The van der Waals surface area contributed by atoms with Crippen molar-refractivity contribution in [2.24, 2.45) is 0 Å². The van der Waals surface area contributed by atoms with E-state index in [2.05, 4.69) is 16.3 Å². The van der Waals surface area contributed by atoms with Gasteiger partial charge in [-0.2, -0.15) is 0 Å². The number of carboxylic acids is 1. The lowest BCUT2D eigenvalue weighted by atomic mass is 10.3. The minimum Gasteiger partial charge on any atom is -0.477 e. The summed E-state index contributed by atoms with van der Waals surface area (Å²) in [5.74, 6) is -0.605. The molecule has 0 amide bonds. The molecule has 0 bridgehead atoms. The summed E-state index contributed by atoms with van der Waals surface area (Å²) in [5.41, 5.74) is 0.107. The van der Waals surface area contributed by atoms with Gasteiger partial charge >= 0.3 is 5.97 Å². The smallest absolute Gasteiger partial charge is 0.341 e. The quantitative estimate of drug-likeness (QED) is 0.726. The summed E-state index contributed by atoms with van der Waals surface area (Å²) >= 11 is 0. The molecule has 1 saturated heterocycles. The van der Waals surface area contributed by atoms with Crippen molar-refractivity contribution in [3.05, 3.63) is 18.1 Å². The third kappa shape index (κ3) is 2.04. The van der Waals surface area contributed by atoms with Crippen LogP contribution in [0.1, 0.15) is 10.4 Å². The lowest BCUT2D eigenvalue weighted by molar-refractivity contribution is 0.0695. The van der Waals surface area contributed by atoms with Gasteiger partial charge in [-0.05, 0) is 0 Å². The number of carboxylic acid groups (broad SMARTS) is 1. The predicted molar refractivity (Wildman–Crippen MR) is 50.9 cm³/mol. The van der Waals surface area contributed by atoms with Crippen LogP contribution in [0.5, 0.6) is 0 Å². The number of ether oxygens (including phenoxy) is 1. The molecule has 2 rings (SSSR count). The van der Waals surface area contributed by atoms with Gasteiger partial charge in [-0.25, -0.2) is 14.8 Å². The molecule has 0 saturated carbocycles. The second-order valence-corrected chi connectivity index (χ2v) is 3.11. The fourth-order valence-electron chi connectivity index (χ4n) is 1.45. The molecule has 2 heterocycles. The van der Waals surface area contributed by atoms with Gasteiger partial charge in [-0.3, -0.25) is 0 Å². The van der Waals surface area contributed by atoms with Crippen LogP contribution in [0.15, 0.2) is 6.20 Å². The highest BCUT2D eigenvalue weighted by atomic mass is 16.5. The molecule has 79 valence electrons. The summed E-state index contributed by atoms with van der Waals surface area (Å²) < 4.78 is 5.18. The van der Waals surface area contributed by atoms with Crippen LogP contribution in [0, 0.1) is 6.33 Å². The zero-order chi connectivity index (χ0) is 10.7. The minimum absolute atomic E-state index is 0.107. The van der Waals surface area contributed by atoms with Gasteiger partial charge in [-0.15, -0.1) is 0 Å². The maximum Gasteiger partial charge on any atom is 0.341 e. The Kier molecular flexibility index (Phi) is 2.77. The summed E-state index contributed by atoms with van der Waals surface area (Å²) in [4.78, 5) is 20.2. The van der Waals surface area contributed by atoms with Crippen LogP contribution in [0.2, 0.25) is 0 Å². The Balaban J connectivity index is 2.29. The summed E-state index contributed by atoms with van der Waals surface area (Å²) in [6.45, 7) is 2.46. The van der Waals surface area contributed by atoms with Crippen molar-refractivity contribution in [2.45, 2.75) is 0 Å². The number of rotatable bonds is 2. The largest absolute Gasteiger partial charge is 0.477 e. The third-order valence-corrected chi connectivity index (χ3v) is 2.19. The Morgan fingerprint density at radius 1 is 1.53 bits per heavy atom. The van der Waals surface area contributed by atoms with Crippen molar-refractivity contribution in [3.63, 3.8) is 0 Å². The van der Waals surface area contributed by atoms with Crippen LogP contribution < -0.4 is 4.90 Å². The van der Waals surface area contributed by atoms with Crippen LogP contribution in [0.3, 0.4) is 0 Å². The zero-order valence-corrected chi connectivity index (χ0v) is 8.01. The van der Waals surface area contributed by atoms with E-state index < -0.39 is 5.97 Å². The van der Waals surface area contributed by atoms with E-state index in [0.29, 0.717) is 32.1 Å². The Morgan fingerprint density at radius 3 is 2.93 bits per heavy atom. The highest BCUT2D eigenvalue weighted by Crippen LogP contribution is 2.16. The number of aromatic carboxylic acids is 1. The topological polar surface area (TPSA) is 75.5 Å². The third-order valence-electron chi connectivity index (χ3n) is 2.19. The summed E-state index contributed by atoms with van der Waals surface area (Å²) in [7, 11) is 0. The van der Waals surface area contributed by atoms with Crippen LogP contribution in [0.25, 0.3) is 0 Å².